The topological polar surface area (TPSA) is 72.2 Å². The van der Waals surface area contributed by atoms with Gasteiger partial charge in [0.2, 0.25) is 0 Å². The maximum Gasteiger partial charge on any atom is 0.261 e. The average Bonchev–Trinajstić information content (AvgIpc) is 2.36. The van der Waals surface area contributed by atoms with Crippen molar-refractivity contribution >= 4 is 55.6 Å². The smallest absolute Gasteiger partial charge is 0.261 e. The number of anilines is 2. The molecule has 0 saturated heterocycles. The SMILES string of the molecule is Cc1cc(S(=O)(=O)Nc2ccc(Cl)cc2I)ccc1N. The molecule has 2 aromatic rings. The first kappa shape index (κ1) is 15.4. The quantitative estimate of drug-likeness (QED) is 0.586. The Bertz CT molecular complexity index is 763. The second kappa shape index (κ2) is 5.79. The molecule has 7 heteroatoms. The van der Waals surface area contributed by atoms with Crippen molar-refractivity contribution in [2.75, 3.05) is 10.5 Å². The number of benzene rings is 2. The fourth-order valence-electron chi connectivity index (χ4n) is 1.59. The van der Waals surface area contributed by atoms with E-state index in [4.69, 9.17) is 17.3 Å². The number of aryl methyl sites for hydroxylation is 1. The van der Waals surface area contributed by atoms with E-state index in [0.717, 1.165) is 9.13 Å². The monoisotopic (exact) mass is 422 g/mol. The summed E-state index contributed by atoms with van der Waals surface area (Å²) in [6, 6.07) is 9.56. The lowest BCUT2D eigenvalue weighted by Gasteiger charge is -2.11. The Hall–Kier alpha value is -0.990. The first-order chi connectivity index (χ1) is 9.29. The lowest BCUT2D eigenvalue weighted by atomic mass is 10.2. The molecule has 0 heterocycles. The van der Waals surface area contributed by atoms with Gasteiger partial charge in [0.05, 0.1) is 10.6 Å². The number of rotatable bonds is 3. The van der Waals surface area contributed by atoms with E-state index in [9.17, 15) is 8.42 Å². The van der Waals surface area contributed by atoms with E-state index in [-0.39, 0.29) is 4.90 Å². The van der Waals surface area contributed by atoms with Gasteiger partial charge in [-0.1, -0.05) is 11.6 Å². The lowest BCUT2D eigenvalue weighted by molar-refractivity contribution is 0.601. The van der Waals surface area contributed by atoms with Gasteiger partial charge in [0.15, 0.2) is 0 Å². The molecule has 0 atom stereocenters. The van der Waals surface area contributed by atoms with Crippen molar-refractivity contribution in [1.29, 1.82) is 0 Å². The molecule has 0 bridgehead atoms. The third kappa shape index (κ3) is 3.36. The average molecular weight is 423 g/mol. The van der Waals surface area contributed by atoms with Gasteiger partial charge in [0, 0.05) is 14.3 Å². The van der Waals surface area contributed by atoms with Gasteiger partial charge in [-0.2, -0.15) is 0 Å². The standard InChI is InChI=1S/C13H12ClIN2O2S/c1-8-6-10(3-4-12(8)16)20(18,19)17-13-5-2-9(14)7-11(13)15/h2-7,17H,16H2,1H3. The van der Waals surface area contributed by atoms with Gasteiger partial charge in [-0.3, -0.25) is 4.72 Å². The third-order valence-electron chi connectivity index (χ3n) is 2.73. The summed E-state index contributed by atoms with van der Waals surface area (Å²) in [5.41, 5.74) is 7.47. The van der Waals surface area contributed by atoms with E-state index in [2.05, 4.69) is 4.72 Å². The predicted octanol–water partition coefficient (Wildman–Crippen LogP) is 3.64. The summed E-state index contributed by atoms with van der Waals surface area (Å²) in [6.07, 6.45) is 0. The summed E-state index contributed by atoms with van der Waals surface area (Å²) >= 11 is 7.87. The Morgan fingerprint density at radius 3 is 2.50 bits per heavy atom. The predicted molar refractivity (Wildman–Crippen MR) is 90.6 cm³/mol. The van der Waals surface area contributed by atoms with Crippen molar-refractivity contribution in [2.45, 2.75) is 11.8 Å². The number of nitrogens with two attached hydrogens (primary N) is 1. The molecule has 3 N–H and O–H groups in total. The second-order valence-electron chi connectivity index (χ2n) is 4.25. The zero-order chi connectivity index (χ0) is 14.9. The van der Waals surface area contributed by atoms with Crippen LogP contribution in [-0.2, 0) is 10.0 Å². The molecule has 0 saturated carbocycles. The van der Waals surface area contributed by atoms with E-state index in [1.165, 1.54) is 6.07 Å². The Kier molecular flexibility index (Phi) is 4.46. The summed E-state index contributed by atoms with van der Waals surface area (Å²) < 4.78 is 27.9. The number of hydrogen-bond donors (Lipinski definition) is 2. The molecule has 0 aliphatic carbocycles. The van der Waals surface area contributed by atoms with E-state index >= 15 is 0 Å². The van der Waals surface area contributed by atoms with Crippen LogP contribution >= 0.6 is 34.2 Å². The number of sulfonamides is 1. The van der Waals surface area contributed by atoms with Crippen LogP contribution in [0.3, 0.4) is 0 Å². The van der Waals surface area contributed by atoms with Crippen molar-refractivity contribution in [3.8, 4) is 0 Å². The number of nitrogen functional groups attached to an aromatic ring is 1. The van der Waals surface area contributed by atoms with Crippen LogP contribution < -0.4 is 10.5 Å². The summed E-state index contributed by atoms with van der Waals surface area (Å²) in [7, 11) is -3.64. The van der Waals surface area contributed by atoms with E-state index in [1.54, 1.807) is 37.3 Å². The van der Waals surface area contributed by atoms with Gasteiger partial charge in [-0.15, -0.1) is 0 Å². The molecular formula is C13H12ClIN2O2S. The minimum atomic E-state index is -3.64. The minimum Gasteiger partial charge on any atom is -0.399 e. The van der Waals surface area contributed by atoms with E-state index < -0.39 is 10.0 Å². The highest BCUT2D eigenvalue weighted by molar-refractivity contribution is 14.1. The van der Waals surface area contributed by atoms with Crippen LogP contribution in [0.2, 0.25) is 5.02 Å². The van der Waals surface area contributed by atoms with Gasteiger partial charge >= 0.3 is 0 Å². The number of hydrogen-bond acceptors (Lipinski definition) is 3. The fraction of sp³-hybridized carbons (Fsp3) is 0.0769. The lowest BCUT2D eigenvalue weighted by Crippen LogP contribution is -2.14. The van der Waals surface area contributed by atoms with E-state index in [0.29, 0.717) is 16.4 Å². The van der Waals surface area contributed by atoms with Gasteiger partial charge in [-0.05, 0) is 71.5 Å². The minimum absolute atomic E-state index is 0.176. The molecule has 0 fully saturated rings. The molecule has 0 amide bonds. The van der Waals surface area contributed by atoms with Crippen molar-refractivity contribution in [2.24, 2.45) is 0 Å². The van der Waals surface area contributed by atoms with Crippen molar-refractivity contribution < 1.29 is 8.42 Å². The van der Waals surface area contributed by atoms with Crippen LogP contribution in [0.25, 0.3) is 0 Å². The van der Waals surface area contributed by atoms with Gasteiger partial charge in [0.25, 0.3) is 10.0 Å². The highest BCUT2D eigenvalue weighted by Gasteiger charge is 2.16. The Labute approximate surface area is 136 Å². The van der Waals surface area contributed by atoms with Gasteiger partial charge < -0.3 is 5.73 Å². The Balaban J connectivity index is 2.38. The highest BCUT2D eigenvalue weighted by Crippen LogP contribution is 2.25. The molecular weight excluding hydrogens is 411 g/mol. The summed E-state index contributed by atoms with van der Waals surface area (Å²) in [6.45, 7) is 1.76. The Morgan fingerprint density at radius 1 is 1.20 bits per heavy atom. The summed E-state index contributed by atoms with van der Waals surface area (Å²) in [4.78, 5) is 0.176. The molecule has 0 aliphatic heterocycles. The van der Waals surface area contributed by atoms with Gasteiger partial charge in [-0.25, -0.2) is 8.42 Å². The molecule has 2 aromatic carbocycles. The van der Waals surface area contributed by atoms with Crippen molar-refractivity contribution in [1.82, 2.24) is 0 Å². The molecule has 4 nitrogen and oxygen atoms in total. The molecule has 2 rings (SSSR count). The first-order valence-electron chi connectivity index (χ1n) is 5.63. The zero-order valence-electron chi connectivity index (χ0n) is 10.5. The number of nitrogens with one attached hydrogen (secondary N) is 1. The van der Waals surface area contributed by atoms with Crippen LogP contribution in [-0.4, -0.2) is 8.42 Å². The summed E-state index contributed by atoms with van der Waals surface area (Å²) in [5.74, 6) is 0. The second-order valence-corrected chi connectivity index (χ2v) is 7.53. The number of halogens is 2. The zero-order valence-corrected chi connectivity index (χ0v) is 14.3. The van der Waals surface area contributed by atoms with Crippen molar-refractivity contribution in [3.63, 3.8) is 0 Å². The molecule has 20 heavy (non-hydrogen) atoms. The third-order valence-corrected chi connectivity index (χ3v) is 5.22. The maximum atomic E-state index is 12.3. The molecule has 0 aromatic heterocycles. The van der Waals surface area contributed by atoms with Crippen LogP contribution in [0.15, 0.2) is 41.3 Å². The molecule has 0 unspecified atom stereocenters. The van der Waals surface area contributed by atoms with Crippen LogP contribution in [0.5, 0.6) is 0 Å². The van der Waals surface area contributed by atoms with Crippen LogP contribution in [0.4, 0.5) is 11.4 Å². The fourth-order valence-corrected chi connectivity index (χ4v) is 3.95. The molecule has 106 valence electrons. The van der Waals surface area contributed by atoms with Crippen molar-refractivity contribution in [3.05, 3.63) is 50.6 Å². The van der Waals surface area contributed by atoms with Crippen LogP contribution in [0, 0.1) is 10.5 Å². The van der Waals surface area contributed by atoms with E-state index in [1.807, 2.05) is 22.6 Å². The summed E-state index contributed by atoms with van der Waals surface area (Å²) in [5, 5.41) is 0.556. The van der Waals surface area contributed by atoms with Gasteiger partial charge in [0.1, 0.15) is 0 Å². The molecule has 0 radical (unpaired) electrons. The first-order valence-corrected chi connectivity index (χ1v) is 8.57. The van der Waals surface area contributed by atoms with Crippen LogP contribution in [0.1, 0.15) is 5.56 Å². The Morgan fingerprint density at radius 2 is 1.90 bits per heavy atom. The normalized spacial score (nSPS) is 11.3. The maximum absolute atomic E-state index is 12.3. The molecule has 0 aliphatic rings. The molecule has 0 spiro atoms. The highest BCUT2D eigenvalue weighted by atomic mass is 127. The largest absolute Gasteiger partial charge is 0.399 e.